The molecule has 1 amide bonds. The SMILES string of the molecule is CN(CC1CCCN1)C(=O)Cc1ccccc1. The van der Waals surface area contributed by atoms with Gasteiger partial charge in [-0.3, -0.25) is 4.79 Å². The molecule has 2 rings (SSSR count). The molecular formula is C14H20N2O. The van der Waals surface area contributed by atoms with Gasteiger partial charge < -0.3 is 10.2 Å². The molecule has 0 aliphatic carbocycles. The van der Waals surface area contributed by atoms with Gasteiger partial charge in [0.25, 0.3) is 0 Å². The van der Waals surface area contributed by atoms with Crippen LogP contribution in [0.3, 0.4) is 0 Å². The highest BCUT2D eigenvalue weighted by Gasteiger charge is 2.18. The lowest BCUT2D eigenvalue weighted by Crippen LogP contribution is -2.39. The fraction of sp³-hybridized carbons (Fsp3) is 0.500. The van der Waals surface area contributed by atoms with Crippen molar-refractivity contribution in [3.05, 3.63) is 35.9 Å². The van der Waals surface area contributed by atoms with Crippen molar-refractivity contribution in [2.24, 2.45) is 0 Å². The Labute approximate surface area is 103 Å². The van der Waals surface area contributed by atoms with Gasteiger partial charge in [0, 0.05) is 19.6 Å². The molecule has 17 heavy (non-hydrogen) atoms. The lowest BCUT2D eigenvalue weighted by atomic mass is 10.1. The molecule has 3 nitrogen and oxygen atoms in total. The van der Waals surface area contributed by atoms with Crippen molar-refractivity contribution in [3.63, 3.8) is 0 Å². The lowest BCUT2D eigenvalue weighted by molar-refractivity contribution is -0.129. The predicted octanol–water partition coefficient (Wildman–Crippen LogP) is 1.44. The topological polar surface area (TPSA) is 32.3 Å². The molecule has 1 saturated heterocycles. The molecule has 92 valence electrons. The fourth-order valence-corrected chi connectivity index (χ4v) is 2.25. The minimum absolute atomic E-state index is 0.199. The van der Waals surface area contributed by atoms with Crippen molar-refractivity contribution >= 4 is 5.91 Å². The Kier molecular flexibility index (Phi) is 4.15. The Morgan fingerprint density at radius 2 is 2.18 bits per heavy atom. The van der Waals surface area contributed by atoms with Gasteiger partial charge in [0.05, 0.1) is 6.42 Å². The Bertz CT molecular complexity index is 358. The predicted molar refractivity (Wildman–Crippen MR) is 68.8 cm³/mol. The summed E-state index contributed by atoms with van der Waals surface area (Å²) in [7, 11) is 1.89. The number of nitrogens with one attached hydrogen (secondary N) is 1. The lowest BCUT2D eigenvalue weighted by Gasteiger charge is -2.21. The van der Waals surface area contributed by atoms with E-state index in [0.29, 0.717) is 12.5 Å². The van der Waals surface area contributed by atoms with Crippen molar-refractivity contribution in [1.82, 2.24) is 10.2 Å². The summed E-state index contributed by atoms with van der Waals surface area (Å²) in [6.07, 6.45) is 2.92. The van der Waals surface area contributed by atoms with Gasteiger partial charge >= 0.3 is 0 Å². The second-order valence-corrected chi connectivity index (χ2v) is 4.73. The highest BCUT2D eigenvalue weighted by atomic mass is 16.2. The maximum atomic E-state index is 12.0. The number of nitrogens with zero attached hydrogens (tertiary/aromatic N) is 1. The van der Waals surface area contributed by atoms with E-state index in [1.807, 2.05) is 42.3 Å². The largest absolute Gasteiger partial charge is 0.344 e. The summed E-state index contributed by atoms with van der Waals surface area (Å²) in [6, 6.07) is 10.4. The average molecular weight is 232 g/mol. The summed E-state index contributed by atoms with van der Waals surface area (Å²) in [5.41, 5.74) is 1.09. The van der Waals surface area contributed by atoms with Crippen molar-refractivity contribution in [2.45, 2.75) is 25.3 Å². The summed E-state index contributed by atoms with van der Waals surface area (Å²) in [5.74, 6) is 0.199. The number of carbonyl (C=O) groups is 1. The van der Waals surface area contributed by atoms with E-state index in [0.717, 1.165) is 18.7 Å². The number of benzene rings is 1. The van der Waals surface area contributed by atoms with Crippen LogP contribution in [0.5, 0.6) is 0 Å². The van der Waals surface area contributed by atoms with Crippen LogP contribution in [-0.2, 0) is 11.2 Å². The first kappa shape index (κ1) is 12.1. The minimum atomic E-state index is 0.199. The summed E-state index contributed by atoms with van der Waals surface area (Å²) in [5, 5.41) is 3.41. The van der Waals surface area contributed by atoms with E-state index in [2.05, 4.69) is 5.32 Å². The third kappa shape index (κ3) is 3.56. The molecule has 0 aromatic heterocycles. The normalized spacial score (nSPS) is 19.2. The van der Waals surface area contributed by atoms with E-state index in [1.165, 1.54) is 12.8 Å². The fourth-order valence-electron chi connectivity index (χ4n) is 2.25. The van der Waals surface area contributed by atoms with Gasteiger partial charge in [-0.15, -0.1) is 0 Å². The molecule has 1 aromatic rings. The van der Waals surface area contributed by atoms with Crippen molar-refractivity contribution < 1.29 is 4.79 Å². The first-order valence-electron chi connectivity index (χ1n) is 6.27. The Morgan fingerprint density at radius 3 is 2.82 bits per heavy atom. The van der Waals surface area contributed by atoms with Crippen LogP contribution in [0.2, 0.25) is 0 Å². The summed E-state index contributed by atoms with van der Waals surface area (Å²) in [6.45, 7) is 1.91. The third-order valence-electron chi connectivity index (χ3n) is 3.28. The summed E-state index contributed by atoms with van der Waals surface area (Å²) < 4.78 is 0. The Hall–Kier alpha value is -1.35. The molecule has 1 fully saturated rings. The monoisotopic (exact) mass is 232 g/mol. The molecule has 1 unspecified atom stereocenters. The molecule has 0 saturated carbocycles. The van der Waals surface area contributed by atoms with E-state index >= 15 is 0 Å². The molecule has 0 bridgehead atoms. The van der Waals surface area contributed by atoms with Gasteiger partial charge in [-0.2, -0.15) is 0 Å². The van der Waals surface area contributed by atoms with Crippen molar-refractivity contribution in [3.8, 4) is 0 Å². The Balaban J connectivity index is 1.82. The molecule has 1 aromatic carbocycles. The zero-order valence-corrected chi connectivity index (χ0v) is 10.4. The Morgan fingerprint density at radius 1 is 1.41 bits per heavy atom. The van der Waals surface area contributed by atoms with Gasteiger partial charge in [0.1, 0.15) is 0 Å². The first-order chi connectivity index (χ1) is 8.25. The van der Waals surface area contributed by atoms with Gasteiger partial charge in [0.2, 0.25) is 5.91 Å². The number of hydrogen-bond donors (Lipinski definition) is 1. The number of rotatable bonds is 4. The van der Waals surface area contributed by atoms with Crippen LogP contribution in [0.4, 0.5) is 0 Å². The van der Waals surface area contributed by atoms with E-state index in [4.69, 9.17) is 0 Å². The molecule has 1 aliphatic rings. The molecule has 1 heterocycles. The number of hydrogen-bond acceptors (Lipinski definition) is 2. The zero-order chi connectivity index (χ0) is 12.1. The van der Waals surface area contributed by atoms with Gasteiger partial charge in [-0.1, -0.05) is 30.3 Å². The van der Waals surface area contributed by atoms with E-state index < -0.39 is 0 Å². The summed E-state index contributed by atoms with van der Waals surface area (Å²) in [4.78, 5) is 13.8. The van der Waals surface area contributed by atoms with Crippen molar-refractivity contribution in [2.75, 3.05) is 20.1 Å². The average Bonchev–Trinajstić information content (AvgIpc) is 2.83. The van der Waals surface area contributed by atoms with Crippen LogP contribution >= 0.6 is 0 Å². The molecule has 1 N–H and O–H groups in total. The molecular weight excluding hydrogens is 212 g/mol. The van der Waals surface area contributed by atoms with Crippen LogP contribution in [0.15, 0.2) is 30.3 Å². The standard InChI is InChI=1S/C14H20N2O/c1-16(11-13-8-5-9-15-13)14(17)10-12-6-3-2-4-7-12/h2-4,6-7,13,15H,5,8-11H2,1H3. The van der Waals surface area contributed by atoms with Crippen LogP contribution < -0.4 is 5.32 Å². The second-order valence-electron chi connectivity index (χ2n) is 4.73. The second kappa shape index (κ2) is 5.82. The van der Waals surface area contributed by atoms with Crippen molar-refractivity contribution in [1.29, 1.82) is 0 Å². The van der Waals surface area contributed by atoms with Gasteiger partial charge in [0.15, 0.2) is 0 Å². The van der Waals surface area contributed by atoms with E-state index in [9.17, 15) is 4.79 Å². The number of carbonyl (C=O) groups excluding carboxylic acids is 1. The first-order valence-corrected chi connectivity index (χ1v) is 6.27. The van der Waals surface area contributed by atoms with E-state index in [-0.39, 0.29) is 5.91 Å². The molecule has 3 heteroatoms. The quantitative estimate of drug-likeness (QED) is 0.852. The highest BCUT2D eigenvalue weighted by Crippen LogP contribution is 2.07. The zero-order valence-electron chi connectivity index (χ0n) is 10.4. The van der Waals surface area contributed by atoms with Gasteiger partial charge in [-0.05, 0) is 24.9 Å². The van der Waals surface area contributed by atoms with Crippen LogP contribution in [-0.4, -0.2) is 37.0 Å². The highest BCUT2D eigenvalue weighted by molar-refractivity contribution is 5.78. The smallest absolute Gasteiger partial charge is 0.226 e. The number of likely N-dealkylation sites (N-methyl/N-ethyl adjacent to an activating group) is 1. The van der Waals surface area contributed by atoms with E-state index in [1.54, 1.807) is 0 Å². The molecule has 0 radical (unpaired) electrons. The minimum Gasteiger partial charge on any atom is -0.344 e. The summed E-state index contributed by atoms with van der Waals surface area (Å²) >= 11 is 0. The molecule has 0 spiro atoms. The van der Waals surface area contributed by atoms with Crippen LogP contribution in [0.1, 0.15) is 18.4 Å². The molecule has 1 atom stereocenters. The van der Waals surface area contributed by atoms with Gasteiger partial charge in [-0.25, -0.2) is 0 Å². The maximum absolute atomic E-state index is 12.0. The maximum Gasteiger partial charge on any atom is 0.226 e. The van der Waals surface area contributed by atoms with Crippen LogP contribution in [0, 0.1) is 0 Å². The third-order valence-corrected chi connectivity index (χ3v) is 3.28. The molecule has 1 aliphatic heterocycles. The number of amides is 1. The van der Waals surface area contributed by atoms with Crippen LogP contribution in [0.25, 0.3) is 0 Å².